The van der Waals surface area contributed by atoms with Crippen LogP contribution in [0.25, 0.3) is 0 Å². The lowest BCUT2D eigenvalue weighted by Gasteiger charge is -2.09. The van der Waals surface area contributed by atoms with E-state index in [1.165, 1.54) is 19.2 Å². The van der Waals surface area contributed by atoms with Gasteiger partial charge in [-0.2, -0.15) is 0 Å². The highest BCUT2D eigenvalue weighted by Crippen LogP contribution is 2.08. The summed E-state index contributed by atoms with van der Waals surface area (Å²) < 4.78 is 4.43. The minimum absolute atomic E-state index is 0.0156. The Labute approximate surface area is 126 Å². The third-order valence-corrected chi connectivity index (χ3v) is 2.67. The van der Waals surface area contributed by atoms with Crippen molar-refractivity contribution in [3.63, 3.8) is 0 Å². The number of rotatable bonds is 5. The van der Waals surface area contributed by atoms with Gasteiger partial charge >= 0.3 is 5.97 Å². The molecule has 1 aromatic rings. The van der Waals surface area contributed by atoms with Crippen LogP contribution in [0.3, 0.4) is 0 Å². The van der Waals surface area contributed by atoms with Gasteiger partial charge in [-0.25, -0.2) is 0 Å². The Morgan fingerprint density at radius 1 is 1.19 bits per heavy atom. The van der Waals surface area contributed by atoms with Gasteiger partial charge < -0.3 is 21.1 Å². The van der Waals surface area contributed by atoms with Crippen LogP contribution in [-0.4, -0.2) is 30.0 Å². The van der Waals surface area contributed by atoms with E-state index in [1.54, 1.807) is 12.1 Å². The second-order valence-electron chi connectivity index (χ2n) is 4.02. The number of nitrogens with one attached hydrogen (secondary N) is 2. The van der Waals surface area contributed by atoms with Crippen molar-refractivity contribution in [3.8, 4) is 0 Å². The summed E-state index contributed by atoms with van der Waals surface area (Å²) in [4.78, 5) is 33.3. The molecule has 0 aromatic heterocycles. The Balaban J connectivity index is 2.44. The van der Waals surface area contributed by atoms with E-state index in [4.69, 9.17) is 18.0 Å². The van der Waals surface area contributed by atoms with Gasteiger partial charge in [-0.05, 0) is 36.5 Å². The van der Waals surface area contributed by atoms with E-state index in [-0.39, 0.29) is 18.0 Å². The first-order chi connectivity index (χ1) is 9.92. The Kier molecular flexibility index (Phi) is 6.28. The van der Waals surface area contributed by atoms with Gasteiger partial charge in [0.15, 0.2) is 5.11 Å². The van der Waals surface area contributed by atoms with Gasteiger partial charge in [-0.3, -0.25) is 14.4 Å². The number of ether oxygens (including phenoxy) is 1. The van der Waals surface area contributed by atoms with E-state index in [2.05, 4.69) is 15.4 Å². The molecule has 0 saturated carbocycles. The molecule has 8 heteroatoms. The summed E-state index contributed by atoms with van der Waals surface area (Å²) in [5, 5.41) is 5.29. The fourth-order valence-electron chi connectivity index (χ4n) is 1.39. The number of anilines is 1. The van der Waals surface area contributed by atoms with Crippen molar-refractivity contribution in [3.05, 3.63) is 29.8 Å². The van der Waals surface area contributed by atoms with E-state index in [0.717, 1.165) is 0 Å². The largest absolute Gasteiger partial charge is 0.469 e. The first kappa shape index (κ1) is 16.6. The van der Waals surface area contributed by atoms with Crippen LogP contribution < -0.4 is 16.4 Å². The first-order valence-electron chi connectivity index (χ1n) is 6.00. The van der Waals surface area contributed by atoms with Gasteiger partial charge in [-0.1, -0.05) is 0 Å². The standard InChI is InChI=1S/C13H15N3O4S/c1-20-11(18)7-6-10(17)16-13(21)15-9-4-2-8(3-5-9)12(14)19/h2-5H,6-7H2,1H3,(H2,14,19)(H2,15,16,17,21). The SMILES string of the molecule is COC(=O)CCC(=O)NC(=S)Nc1ccc(C(N)=O)cc1. The first-order valence-corrected chi connectivity index (χ1v) is 6.40. The average molecular weight is 309 g/mol. The van der Waals surface area contributed by atoms with Crippen LogP contribution in [0.2, 0.25) is 0 Å². The van der Waals surface area contributed by atoms with Crippen molar-refractivity contribution in [1.29, 1.82) is 0 Å². The lowest BCUT2D eigenvalue weighted by molar-refractivity contribution is -0.142. The number of thiocarbonyl (C=S) groups is 1. The number of carbonyl (C=O) groups is 3. The smallest absolute Gasteiger partial charge is 0.306 e. The van der Waals surface area contributed by atoms with Crippen LogP contribution in [0.4, 0.5) is 5.69 Å². The van der Waals surface area contributed by atoms with Crippen LogP contribution in [0.5, 0.6) is 0 Å². The number of primary amides is 1. The topological polar surface area (TPSA) is 111 Å². The monoisotopic (exact) mass is 309 g/mol. The number of nitrogens with two attached hydrogens (primary N) is 1. The van der Waals surface area contributed by atoms with E-state index >= 15 is 0 Å². The van der Waals surface area contributed by atoms with Gasteiger partial charge in [0.25, 0.3) is 0 Å². The normalized spacial score (nSPS) is 9.57. The summed E-state index contributed by atoms with van der Waals surface area (Å²) in [7, 11) is 1.25. The van der Waals surface area contributed by atoms with Crippen LogP contribution in [0.15, 0.2) is 24.3 Å². The zero-order valence-electron chi connectivity index (χ0n) is 11.3. The van der Waals surface area contributed by atoms with Crippen molar-refractivity contribution >= 4 is 40.8 Å². The highest BCUT2D eigenvalue weighted by atomic mass is 32.1. The highest BCUT2D eigenvalue weighted by molar-refractivity contribution is 7.80. The molecule has 4 N–H and O–H groups in total. The second-order valence-corrected chi connectivity index (χ2v) is 4.43. The summed E-state index contributed by atoms with van der Waals surface area (Å²) in [5.41, 5.74) is 6.08. The maximum absolute atomic E-state index is 11.5. The molecule has 112 valence electrons. The summed E-state index contributed by atoms with van der Waals surface area (Å²) in [6.07, 6.45) is -0.0344. The third kappa shape index (κ3) is 6.00. The molecule has 0 unspecified atom stereocenters. The number of methoxy groups -OCH3 is 1. The Bertz CT molecular complexity index is 557. The number of carbonyl (C=O) groups excluding carboxylic acids is 3. The van der Waals surface area contributed by atoms with Crippen molar-refractivity contribution in [2.24, 2.45) is 5.73 Å². The lowest BCUT2D eigenvalue weighted by Crippen LogP contribution is -2.34. The number of benzene rings is 1. The Morgan fingerprint density at radius 2 is 1.81 bits per heavy atom. The van der Waals surface area contributed by atoms with E-state index in [1.807, 2.05) is 0 Å². The molecule has 0 bridgehead atoms. The van der Waals surface area contributed by atoms with Crippen molar-refractivity contribution in [1.82, 2.24) is 5.32 Å². The lowest BCUT2D eigenvalue weighted by atomic mass is 10.2. The average Bonchev–Trinajstić information content (AvgIpc) is 2.45. The van der Waals surface area contributed by atoms with Gasteiger partial charge in [0.2, 0.25) is 11.8 Å². The predicted octanol–water partition coefficient (Wildman–Crippen LogP) is 0.552. The number of hydrogen-bond donors (Lipinski definition) is 3. The maximum Gasteiger partial charge on any atom is 0.306 e. The van der Waals surface area contributed by atoms with Crippen LogP contribution in [-0.2, 0) is 14.3 Å². The Hall–Kier alpha value is -2.48. The molecule has 0 aliphatic carbocycles. The molecular formula is C13H15N3O4S. The van der Waals surface area contributed by atoms with Gasteiger partial charge in [0.1, 0.15) is 0 Å². The van der Waals surface area contributed by atoms with Crippen LogP contribution >= 0.6 is 12.2 Å². The molecule has 7 nitrogen and oxygen atoms in total. The summed E-state index contributed by atoms with van der Waals surface area (Å²) >= 11 is 4.95. The second kappa shape index (κ2) is 7.95. The summed E-state index contributed by atoms with van der Waals surface area (Å²) in [6, 6.07) is 6.28. The minimum atomic E-state index is -0.528. The summed E-state index contributed by atoms with van der Waals surface area (Å²) in [5.74, 6) is -1.39. The van der Waals surface area contributed by atoms with Crippen molar-refractivity contribution < 1.29 is 19.1 Å². The predicted molar refractivity (Wildman–Crippen MR) is 80.6 cm³/mol. The molecule has 0 aliphatic rings. The zero-order chi connectivity index (χ0) is 15.8. The molecule has 1 aromatic carbocycles. The molecule has 1 rings (SSSR count). The molecule has 0 saturated heterocycles. The molecule has 0 radical (unpaired) electrons. The van der Waals surface area contributed by atoms with E-state index < -0.39 is 17.8 Å². The molecular weight excluding hydrogens is 294 g/mol. The molecule has 0 fully saturated rings. The Morgan fingerprint density at radius 3 is 2.33 bits per heavy atom. The van der Waals surface area contributed by atoms with E-state index in [9.17, 15) is 14.4 Å². The van der Waals surface area contributed by atoms with Gasteiger partial charge in [-0.15, -0.1) is 0 Å². The maximum atomic E-state index is 11.5. The molecule has 0 atom stereocenters. The van der Waals surface area contributed by atoms with Crippen molar-refractivity contribution in [2.75, 3.05) is 12.4 Å². The van der Waals surface area contributed by atoms with Gasteiger partial charge in [0, 0.05) is 17.7 Å². The van der Waals surface area contributed by atoms with Gasteiger partial charge in [0.05, 0.1) is 13.5 Å². The molecule has 0 aliphatic heterocycles. The minimum Gasteiger partial charge on any atom is -0.469 e. The van der Waals surface area contributed by atoms with Crippen LogP contribution in [0.1, 0.15) is 23.2 Å². The zero-order valence-corrected chi connectivity index (χ0v) is 12.2. The van der Waals surface area contributed by atoms with Crippen LogP contribution in [0, 0.1) is 0 Å². The fraction of sp³-hybridized carbons (Fsp3) is 0.231. The quantitative estimate of drug-likeness (QED) is 0.541. The van der Waals surface area contributed by atoms with E-state index in [0.29, 0.717) is 11.3 Å². The fourth-order valence-corrected chi connectivity index (χ4v) is 1.62. The molecule has 2 amide bonds. The number of esters is 1. The number of hydrogen-bond acceptors (Lipinski definition) is 5. The molecule has 21 heavy (non-hydrogen) atoms. The third-order valence-electron chi connectivity index (χ3n) is 2.46. The van der Waals surface area contributed by atoms with Crippen molar-refractivity contribution in [2.45, 2.75) is 12.8 Å². The summed E-state index contributed by atoms with van der Waals surface area (Å²) in [6.45, 7) is 0. The molecule has 0 heterocycles. The number of amides is 2. The highest BCUT2D eigenvalue weighted by Gasteiger charge is 2.08. The molecule has 0 spiro atoms.